The minimum atomic E-state index is -4.82. The van der Waals surface area contributed by atoms with Gasteiger partial charge in [-0.15, -0.1) is 0 Å². The Morgan fingerprint density at radius 3 is 2.36 bits per heavy atom. The molecule has 120 valence electrons. The second-order valence-electron chi connectivity index (χ2n) is 5.16. The maximum Gasteiger partial charge on any atom is 0.423 e. The highest BCUT2D eigenvalue weighted by Gasteiger charge is 2.36. The van der Waals surface area contributed by atoms with Crippen molar-refractivity contribution in [2.45, 2.75) is 32.6 Å². The van der Waals surface area contributed by atoms with E-state index >= 15 is 0 Å². The molecule has 2 aromatic heterocycles. The monoisotopic (exact) mass is 316 g/mol. The SMILES string of the molecule is CC(C)n1cc(C(F)(F)F)c(=O)n(Cc2ccnn2C)c1=O. The van der Waals surface area contributed by atoms with Crippen LogP contribution in [-0.2, 0) is 19.8 Å². The van der Waals surface area contributed by atoms with Gasteiger partial charge < -0.3 is 0 Å². The Bertz CT molecular complexity index is 799. The fraction of sp³-hybridized carbons (Fsp3) is 0.462. The van der Waals surface area contributed by atoms with E-state index in [1.165, 1.54) is 16.9 Å². The zero-order chi connectivity index (χ0) is 16.7. The molecule has 0 aliphatic carbocycles. The van der Waals surface area contributed by atoms with E-state index in [1.54, 1.807) is 20.9 Å². The first-order chi connectivity index (χ1) is 10.1. The van der Waals surface area contributed by atoms with Gasteiger partial charge in [-0.3, -0.25) is 18.6 Å². The third-order valence-electron chi connectivity index (χ3n) is 3.30. The van der Waals surface area contributed by atoms with Crippen LogP contribution in [0, 0.1) is 0 Å². The van der Waals surface area contributed by atoms with Crippen molar-refractivity contribution in [1.29, 1.82) is 0 Å². The lowest BCUT2D eigenvalue weighted by Gasteiger charge is -2.16. The van der Waals surface area contributed by atoms with Gasteiger partial charge in [-0.25, -0.2) is 4.79 Å². The van der Waals surface area contributed by atoms with Crippen molar-refractivity contribution in [2.24, 2.45) is 7.05 Å². The van der Waals surface area contributed by atoms with Crippen molar-refractivity contribution >= 4 is 0 Å². The van der Waals surface area contributed by atoms with E-state index in [9.17, 15) is 22.8 Å². The summed E-state index contributed by atoms with van der Waals surface area (Å²) in [5, 5.41) is 3.87. The molecule has 0 amide bonds. The fourth-order valence-electron chi connectivity index (χ4n) is 2.04. The van der Waals surface area contributed by atoms with Crippen molar-refractivity contribution < 1.29 is 13.2 Å². The summed E-state index contributed by atoms with van der Waals surface area (Å²) in [5.41, 5.74) is -3.04. The van der Waals surface area contributed by atoms with E-state index in [4.69, 9.17) is 0 Å². The number of hydrogen-bond donors (Lipinski definition) is 0. The molecular formula is C13H15F3N4O2. The molecule has 2 aromatic rings. The van der Waals surface area contributed by atoms with Crippen LogP contribution in [0.25, 0.3) is 0 Å². The summed E-state index contributed by atoms with van der Waals surface area (Å²) >= 11 is 0. The van der Waals surface area contributed by atoms with Gasteiger partial charge in [0.05, 0.1) is 12.2 Å². The molecule has 22 heavy (non-hydrogen) atoms. The Balaban J connectivity index is 2.71. The van der Waals surface area contributed by atoms with E-state index < -0.39 is 29.0 Å². The van der Waals surface area contributed by atoms with Gasteiger partial charge in [0, 0.05) is 25.5 Å². The van der Waals surface area contributed by atoms with Crippen molar-refractivity contribution in [3.05, 3.63) is 50.6 Å². The largest absolute Gasteiger partial charge is 0.423 e. The van der Waals surface area contributed by atoms with E-state index in [0.717, 1.165) is 4.57 Å². The highest BCUT2D eigenvalue weighted by Crippen LogP contribution is 2.26. The Morgan fingerprint density at radius 1 is 1.27 bits per heavy atom. The molecule has 0 fully saturated rings. The molecule has 0 aromatic carbocycles. The predicted molar refractivity (Wildman–Crippen MR) is 72.7 cm³/mol. The molecule has 0 radical (unpaired) electrons. The van der Waals surface area contributed by atoms with Crippen LogP contribution in [0.15, 0.2) is 28.0 Å². The van der Waals surface area contributed by atoms with Gasteiger partial charge >= 0.3 is 11.9 Å². The van der Waals surface area contributed by atoms with Gasteiger partial charge in [-0.2, -0.15) is 18.3 Å². The zero-order valence-corrected chi connectivity index (χ0v) is 12.3. The molecule has 0 bridgehead atoms. The van der Waals surface area contributed by atoms with Crippen molar-refractivity contribution in [1.82, 2.24) is 18.9 Å². The molecule has 0 saturated carbocycles. The van der Waals surface area contributed by atoms with Gasteiger partial charge in [-0.1, -0.05) is 0 Å². The number of alkyl halides is 3. The molecular weight excluding hydrogens is 301 g/mol. The summed E-state index contributed by atoms with van der Waals surface area (Å²) in [4.78, 5) is 24.3. The summed E-state index contributed by atoms with van der Waals surface area (Å²) in [6, 6.07) is 1.03. The van der Waals surface area contributed by atoms with Gasteiger partial charge in [0.1, 0.15) is 5.56 Å². The predicted octanol–water partition coefficient (Wildman–Crippen LogP) is 1.39. The van der Waals surface area contributed by atoms with Gasteiger partial charge in [0.2, 0.25) is 0 Å². The second-order valence-corrected chi connectivity index (χ2v) is 5.16. The van der Waals surface area contributed by atoms with Crippen molar-refractivity contribution in [3.63, 3.8) is 0 Å². The quantitative estimate of drug-likeness (QED) is 0.860. The lowest BCUT2D eigenvalue weighted by molar-refractivity contribution is -0.139. The topological polar surface area (TPSA) is 61.8 Å². The van der Waals surface area contributed by atoms with Crippen LogP contribution in [0.5, 0.6) is 0 Å². The molecule has 0 N–H and O–H groups in total. The molecule has 0 aliphatic heterocycles. The fourth-order valence-corrected chi connectivity index (χ4v) is 2.04. The average molecular weight is 316 g/mol. The zero-order valence-electron chi connectivity index (χ0n) is 12.3. The lowest BCUT2D eigenvalue weighted by atomic mass is 10.3. The van der Waals surface area contributed by atoms with Crippen LogP contribution in [0.4, 0.5) is 13.2 Å². The molecule has 0 aliphatic rings. The highest BCUT2D eigenvalue weighted by atomic mass is 19.4. The van der Waals surface area contributed by atoms with E-state index in [2.05, 4.69) is 5.10 Å². The molecule has 9 heteroatoms. The molecule has 0 spiro atoms. The third kappa shape index (κ3) is 2.83. The second kappa shape index (κ2) is 5.47. The summed E-state index contributed by atoms with van der Waals surface area (Å²) in [5.74, 6) is 0. The van der Waals surface area contributed by atoms with Crippen molar-refractivity contribution in [3.8, 4) is 0 Å². The number of rotatable bonds is 3. The Labute approximate surface area is 123 Å². The summed E-state index contributed by atoms with van der Waals surface area (Å²) < 4.78 is 41.9. The number of aryl methyl sites for hydroxylation is 1. The minimum Gasteiger partial charge on any atom is -0.297 e. The number of halogens is 3. The van der Waals surface area contributed by atoms with E-state index in [-0.39, 0.29) is 6.54 Å². The molecule has 2 heterocycles. The van der Waals surface area contributed by atoms with Crippen LogP contribution in [0.3, 0.4) is 0 Å². The van der Waals surface area contributed by atoms with Gasteiger partial charge in [0.15, 0.2) is 0 Å². The van der Waals surface area contributed by atoms with Crippen LogP contribution >= 0.6 is 0 Å². The highest BCUT2D eigenvalue weighted by molar-refractivity contribution is 5.12. The number of nitrogens with zero attached hydrogens (tertiary/aromatic N) is 4. The van der Waals surface area contributed by atoms with E-state index in [1.807, 2.05) is 0 Å². The third-order valence-corrected chi connectivity index (χ3v) is 3.30. The van der Waals surface area contributed by atoms with E-state index in [0.29, 0.717) is 16.5 Å². The molecule has 2 rings (SSSR count). The van der Waals surface area contributed by atoms with Crippen LogP contribution in [0.1, 0.15) is 31.1 Å². The first-order valence-corrected chi connectivity index (χ1v) is 6.53. The summed E-state index contributed by atoms with van der Waals surface area (Å²) in [7, 11) is 1.58. The maximum atomic E-state index is 13.0. The summed E-state index contributed by atoms with van der Waals surface area (Å²) in [6.45, 7) is 2.87. The minimum absolute atomic E-state index is 0.273. The number of aromatic nitrogens is 4. The molecule has 6 nitrogen and oxygen atoms in total. The van der Waals surface area contributed by atoms with Crippen LogP contribution in [-0.4, -0.2) is 18.9 Å². The van der Waals surface area contributed by atoms with Gasteiger partial charge in [0.25, 0.3) is 5.56 Å². The van der Waals surface area contributed by atoms with Crippen LogP contribution < -0.4 is 11.2 Å². The summed E-state index contributed by atoms with van der Waals surface area (Å²) in [6.07, 6.45) is -2.81. The smallest absolute Gasteiger partial charge is 0.297 e. The number of hydrogen-bond acceptors (Lipinski definition) is 3. The first kappa shape index (κ1) is 16.1. The first-order valence-electron chi connectivity index (χ1n) is 6.53. The molecule has 0 unspecified atom stereocenters. The maximum absolute atomic E-state index is 13.0. The molecule has 0 saturated heterocycles. The standard InChI is InChI=1S/C13H15F3N4O2/c1-8(2)19-7-10(13(14,15)16)11(21)20(12(19)22)6-9-4-5-17-18(9)3/h4-5,7-8H,6H2,1-3H3. The van der Waals surface area contributed by atoms with Crippen LogP contribution in [0.2, 0.25) is 0 Å². The Hall–Kier alpha value is -2.32. The Morgan fingerprint density at radius 2 is 1.91 bits per heavy atom. The lowest BCUT2D eigenvalue weighted by Crippen LogP contribution is -2.44. The van der Waals surface area contributed by atoms with Gasteiger partial charge in [-0.05, 0) is 19.9 Å². The average Bonchev–Trinajstić information content (AvgIpc) is 2.78. The van der Waals surface area contributed by atoms with Crippen molar-refractivity contribution in [2.75, 3.05) is 0 Å². The molecule has 0 atom stereocenters. The normalized spacial score (nSPS) is 12.1. The Kier molecular flexibility index (Phi) is 3.99.